The van der Waals surface area contributed by atoms with Crippen molar-refractivity contribution in [2.75, 3.05) is 31.0 Å². The number of hydrogen-bond donors (Lipinski definition) is 1. The first-order valence-electron chi connectivity index (χ1n) is 9.73. The summed E-state index contributed by atoms with van der Waals surface area (Å²) in [7, 11) is 3.34. The van der Waals surface area contributed by atoms with Crippen LogP contribution in [0.15, 0.2) is 42.6 Å². The largest absolute Gasteiger partial charge is 0.493 e. The summed E-state index contributed by atoms with van der Waals surface area (Å²) in [6.07, 6.45) is 2.73. The van der Waals surface area contributed by atoms with E-state index >= 15 is 0 Å². The molecule has 0 atom stereocenters. The van der Waals surface area contributed by atoms with Crippen LogP contribution < -0.4 is 19.7 Å². The van der Waals surface area contributed by atoms with Crippen LogP contribution in [0.2, 0.25) is 0 Å². The third-order valence-corrected chi connectivity index (χ3v) is 5.16. The van der Waals surface area contributed by atoms with Crippen molar-refractivity contribution in [1.82, 2.24) is 9.97 Å². The standard InChI is InChI=1S/C23H26N4O2/c1-15-9-16(2)11-19(10-15)25-23-24-7-5-22(26-23)27-8-6-17-12-20(28-3)21(29-4)13-18(17)14-27/h5,7,9-13H,6,8,14H2,1-4H3,(H,24,25,26). The third kappa shape index (κ3) is 4.11. The number of hydrogen-bond acceptors (Lipinski definition) is 6. The van der Waals surface area contributed by atoms with Crippen LogP contribution in [-0.4, -0.2) is 30.7 Å². The van der Waals surface area contributed by atoms with E-state index in [1.807, 2.05) is 6.07 Å². The third-order valence-electron chi connectivity index (χ3n) is 5.16. The van der Waals surface area contributed by atoms with Crippen LogP contribution in [0.1, 0.15) is 22.3 Å². The van der Waals surface area contributed by atoms with Gasteiger partial charge in [-0.15, -0.1) is 0 Å². The van der Waals surface area contributed by atoms with Gasteiger partial charge in [-0.3, -0.25) is 0 Å². The molecule has 6 nitrogen and oxygen atoms in total. The minimum absolute atomic E-state index is 0.602. The first kappa shape index (κ1) is 19.1. The molecule has 0 fully saturated rings. The van der Waals surface area contributed by atoms with Crippen LogP contribution in [-0.2, 0) is 13.0 Å². The molecule has 0 aliphatic carbocycles. The van der Waals surface area contributed by atoms with Gasteiger partial charge in [0.05, 0.1) is 14.2 Å². The van der Waals surface area contributed by atoms with Gasteiger partial charge >= 0.3 is 0 Å². The molecule has 0 amide bonds. The molecule has 3 aromatic rings. The molecule has 0 saturated heterocycles. The summed E-state index contributed by atoms with van der Waals surface area (Å²) < 4.78 is 10.9. The molecule has 1 N–H and O–H groups in total. The highest BCUT2D eigenvalue weighted by atomic mass is 16.5. The zero-order chi connectivity index (χ0) is 20.4. The Bertz CT molecular complexity index is 1020. The van der Waals surface area contributed by atoms with E-state index in [0.29, 0.717) is 5.95 Å². The molecule has 2 heterocycles. The number of rotatable bonds is 5. The lowest BCUT2D eigenvalue weighted by Gasteiger charge is -2.30. The predicted octanol–water partition coefficient (Wildman–Crippen LogP) is 4.42. The van der Waals surface area contributed by atoms with Gasteiger partial charge in [0.25, 0.3) is 0 Å². The van der Waals surface area contributed by atoms with E-state index in [2.05, 4.69) is 59.4 Å². The molecule has 0 bridgehead atoms. The molecule has 2 aromatic carbocycles. The number of aryl methyl sites for hydroxylation is 2. The number of nitrogens with zero attached hydrogens (tertiary/aromatic N) is 3. The average molecular weight is 390 g/mol. The molecule has 0 spiro atoms. The minimum Gasteiger partial charge on any atom is -0.493 e. The van der Waals surface area contributed by atoms with Crippen LogP contribution >= 0.6 is 0 Å². The topological polar surface area (TPSA) is 59.5 Å². The monoisotopic (exact) mass is 390 g/mol. The van der Waals surface area contributed by atoms with Crippen LogP contribution in [0.25, 0.3) is 0 Å². The fourth-order valence-electron chi connectivity index (χ4n) is 3.84. The average Bonchev–Trinajstić information content (AvgIpc) is 2.71. The van der Waals surface area contributed by atoms with E-state index in [4.69, 9.17) is 14.5 Å². The van der Waals surface area contributed by atoms with E-state index in [1.165, 1.54) is 22.3 Å². The normalized spacial score (nSPS) is 13.0. The van der Waals surface area contributed by atoms with Gasteiger partial charge in [-0.1, -0.05) is 6.07 Å². The highest BCUT2D eigenvalue weighted by Crippen LogP contribution is 2.34. The molecule has 4 rings (SSSR count). The van der Waals surface area contributed by atoms with Crippen molar-refractivity contribution in [3.63, 3.8) is 0 Å². The number of aromatic nitrogens is 2. The lowest BCUT2D eigenvalue weighted by Crippen LogP contribution is -2.31. The minimum atomic E-state index is 0.602. The van der Waals surface area contributed by atoms with Gasteiger partial charge in [-0.25, -0.2) is 4.98 Å². The summed E-state index contributed by atoms with van der Waals surface area (Å²) in [5.74, 6) is 3.05. The van der Waals surface area contributed by atoms with Crippen molar-refractivity contribution in [3.8, 4) is 11.5 Å². The molecule has 1 aliphatic rings. The van der Waals surface area contributed by atoms with Gasteiger partial charge in [-0.05, 0) is 72.9 Å². The number of nitrogens with one attached hydrogen (secondary N) is 1. The van der Waals surface area contributed by atoms with Crippen LogP contribution in [0, 0.1) is 13.8 Å². The molecular weight excluding hydrogens is 364 g/mol. The molecular formula is C23H26N4O2. The van der Waals surface area contributed by atoms with Gasteiger partial charge in [0.15, 0.2) is 11.5 Å². The lowest BCUT2D eigenvalue weighted by molar-refractivity contribution is 0.353. The Balaban J connectivity index is 1.56. The molecule has 0 radical (unpaired) electrons. The molecule has 29 heavy (non-hydrogen) atoms. The number of benzene rings is 2. The van der Waals surface area contributed by atoms with Crippen molar-refractivity contribution in [1.29, 1.82) is 0 Å². The van der Waals surface area contributed by atoms with Crippen molar-refractivity contribution >= 4 is 17.5 Å². The second-order valence-electron chi connectivity index (χ2n) is 7.39. The van der Waals surface area contributed by atoms with Gasteiger partial charge in [0, 0.05) is 25.0 Å². The number of fused-ring (bicyclic) bond motifs is 1. The fourth-order valence-corrected chi connectivity index (χ4v) is 3.84. The molecule has 0 unspecified atom stereocenters. The maximum absolute atomic E-state index is 5.47. The van der Waals surface area contributed by atoms with E-state index in [0.717, 1.165) is 42.5 Å². The first-order valence-corrected chi connectivity index (χ1v) is 9.73. The van der Waals surface area contributed by atoms with Gasteiger partial charge < -0.3 is 19.7 Å². The second-order valence-corrected chi connectivity index (χ2v) is 7.39. The number of anilines is 3. The van der Waals surface area contributed by atoms with Gasteiger partial charge in [0.2, 0.25) is 5.95 Å². The van der Waals surface area contributed by atoms with Crippen molar-refractivity contribution < 1.29 is 9.47 Å². The summed E-state index contributed by atoms with van der Waals surface area (Å²) in [4.78, 5) is 11.4. The summed E-state index contributed by atoms with van der Waals surface area (Å²) in [5.41, 5.74) is 5.94. The first-order chi connectivity index (χ1) is 14.1. The van der Waals surface area contributed by atoms with Gasteiger partial charge in [-0.2, -0.15) is 4.98 Å². The Morgan fingerprint density at radius 3 is 2.31 bits per heavy atom. The Labute approximate surface area is 171 Å². The summed E-state index contributed by atoms with van der Waals surface area (Å²) >= 11 is 0. The Hall–Kier alpha value is -3.28. The highest BCUT2D eigenvalue weighted by Gasteiger charge is 2.20. The van der Waals surface area contributed by atoms with Crippen molar-refractivity contribution in [3.05, 3.63) is 64.8 Å². The van der Waals surface area contributed by atoms with Crippen molar-refractivity contribution in [2.24, 2.45) is 0 Å². The summed E-state index contributed by atoms with van der Waals surface area (Å²) in [6, 6.07) is 12.4. The molecule has 6 heteroatoms. The van der Waals surface area contributed by atoms with Crippen LogP contribution in [0.4, 0.5) is 17.5 Å². The summed E-state index contributed by atoms with van der Waals surface area (Å²) in [5, 5.41) is 3.33. The summed E-state index contributed by atoms with van der Waals surface area (Å²) in [6.45, 7) is 5.84. The Morgan fingerprint density at radius 2 is 1.62 bits per heavy atom. The Morgan fingerprint density at radius 1 is 0.931 bits per heavy atom. The maximum Gasteiger partial charge on any atom is 0.229 e. The fraction of sp³-hybridized carbons (Fsp3) is 0.304. The quantitative estimate of drug-likeness (QED) is 0.696. The van der Waals surface area contributed by atoms with Crippen LogP contribution in [0.5, 0.6) is 11.5 Å². The van der Waals surface area contributed by atoms with E-state index in [9.17, 15) is 0 Å². The van der Waals surface area contributed by atoms with Gasteiger partial charge in [0.1, 0.15) is 5.82 Å². The van der Waals surface area contributed by atoms with Crippen LogP contribution in [0.3, 0.4) is 0 Å². The zero-order valence-corrected chi connectivity index (χ0v) is 17.3. The molecule has 1 aromatic heterocycles. The lowest BCUT2D eigenvalue weighted by atomic mass is 9.99. The molecule has 1 aliphatic heterocycles. The van der Waals surface area contributed by atoms with E-state index < -0.39 is 0 Å². The maximum atomic E-state index is 5.47. The smallest absolute Gasteiger partial charge is 0.229 e. The predicted molar refractivity (Wildman–Crippen MR) is 116 cm³/mol. The number of methoxy groups -OCH3 is 2. The molecule has 0 saturated carbocycles. The Kier molecular flexibility index (Phi) is 5.25. The van der Waals surface area contributed by atoms with E-state index in [-0.39, 0.29) is 0 Å². The number of ether oxygens (including phenoxy) is 2. The molecule has 150 valence electrons. The second kappa shape index (κ2) is 7.99. The van der Waals surface area contributed by atoms with Crippen molar-refractivity contribution in [2.45, 2.75) is 26.8 Å². The highest BCUT2D eigenvalue weighted by molar-refractivity contribution is 5.58. The zero-order valence-electron chi connectivity index (χ0n) is 17.3. The van der Waals surface area contributed by atoms with E-state index in [1.54, 1.807) is 20.4 Å². The SMILES string of the molecule is COc1cc2c(cc1OC)CN(c1ccnc(Nc3cc(C)cc(C)c3)n1)CC2.